The Balaban J connectivity index is 1.09. The van der Waals surface area contributed by atoms with E-state index < -0.39 is 0 Å². The fourth-order valence-electron chi connectivity index (χ4n) is 7.96. The largest absolute Gasteiger partial charge is 0.310 e. The van der Waals surface area contributed by atoms with Crippen LogP contribution in [-0.2, 0) is 11.8 Å². The SMILES string of the molecule is CC1(C)c2ccccc2-c2cc(C(Cc3ccc(N(c4ccccc4)c4ccc5sc6ccccc6c5c4)cc3)c3ccccc3)ccc21. The zero-order valence-corrected chi connectivity index (χ0v) is 28.6. The van der Waals surface area contributed by atoms with Crippen molar-refractivity contribution in [1.29, 1.82) is 0 Å². The van der Waals surface area contributed by atoms with Gasteiger partial charge < -0.3 is 4.90 Å². The lowest BCUT2D eigenvalue weighted by atomic mass is 9.80. The first-order valence-electron chi connectivity index (χ1n) is 17.2. The molecule has 1 unspecified atom stereocenters. The van der Waals surface area contributed by atoms with E-state index in [1.165, 1.54) is 64.8 Å². The maximum atomic E-state index is 2.47. The molecule has 1 heterocycles. The first-order valence-corrected chi connectivity index (χ1v) is 18.0. The molecule has 8 aromatic rings. The van der Waals surface area contributed by atoms with Gasteiger partial charge in [0.1, 0.15) is 0 Å². The molecule has 0 bridgehead atoms. The minimum Gasteiger partial charge on any atom is -0.310 e. The first-order chi connectivity index (χ1) is 24.0. The van der Waals surface area contributed by atoms with Gasteiger partial charge in [-0.05, 0) is 93.9 Å². The lowest BCUT2D eigenvalue weighted by molar-refractivity contribution is 0.659. The number of hydrogen-bond acceptors (Lipinski definition) is 2. The van der Waals surface area contributed by atoms with Crippen molar-refractivity contribution in [2.24, 2.45) is 0 Å². The zero-order valence-electron chi connectivity index (χ0n) is 27.8. The van der Waals surface area contributed by atoms with Crippen LogP contribution in [-0.4, -0.2) is 0 Å². The predicted octanol–water partition coefficient (Wildman–Crippen LogP) is 13.2. The van der Waals surface area contributed by atoms with Crippen molar-refractivity contribution in [3.63, 3.8) is 0 Å². The van der Waals surface area contributed by atoms with Crippen LogP contribution < -0.4 is 4.90 Å². The average Bonchev–Trinajstić information content (AvgIpc) is 3.63. The Kier molecular flexibility index (Phi) is 7.21. The molecule has 1 aromatic heterocycles. The standard InChI is InChI=1S/C47H37NS/c1-47(2)43-19-11-9-17-38(43)41-30-34(23-27-44(41)47)40(33-13-5-3-6-14-33)29-32-21-24-36(25-22-32)48(35-15-7-4-8-16-35)37-26-28-46-42(31-37)39-18-10-12-20-45(39)49-46/h3-28,30-31,40H,29H2,1-2H3. The van der Waals surface area contributed by atoms with E-state index >= 15 is 0 Å². The summed E-state index contributed by atoms with van der Waals surface area (Å²) in [5.74, 6) is 0.243. The number of nitrogens with zero attached hydrogens (tertiary/aromatic N) is 1. The quantitative estimate of drug-likeness (QED) is 0.166. The van der Waals surface area contributed by atoms with E-state index in [1.54, 1.807) is 0 Å². The van der Waals surface area contributed by atoms with E-state index in [4.69, 9.17) is 0 Å². The minimum atomic E-state index is 0.00815. The highest BCUT2D eigenvalue weighted by atomic mass is 32.1. The summed E-state index contributed by atoms with van der Waals surface area (Å²) in [6.07, 6.45) is 0.923. The molecule has 236 valence electrons. The van der Waals surface area contributed by atoms with Crippen molar-refractivity contribution < 1.29 is 0 Å². The van der Waals surface area contributed by atoms with Crippen molar-refractivity contribution in [3.05, 3.63) is 198 Å². The van der Waals surface area contributed by atoms with Gasteiger partial charge in [0.2, 0.25) is 0 Å². The Bertz CT molecular complexity index is 2440. The molecule has 7 aromatic carbocycles. The highest BCUT2D eigenvalue weighted by Gasteiger charge is 2.35. The molecule has 49 heavy (non-hydrogen) atoms. The second-order valence-corrected chi connectivity index (χ2v) is 14.8. The predicted molar refractivity (Wildman–Crippen MR) is 210 cm³/mol. The summed E-state index contributed by atoms with van der Waals surface area (Å²) in [6, 6.07) is 62.8. The van der Waals surface area contributed by atoms with Crippen LogP contribution in [0.25, 0.3) is 31.3 Å². The van der Waals surface area contributed by atoms with Gasteiger partial charge in [0, 0.05) is 48.6 Å². The molecule has 1 aliphatic rings. The Hall–Kier alpha value is -5.44. The van der Waals surface area contributed by atoms with Crippen LogP contribution in [0.15, 0.2) is 170 Å². The lowest BCUT2D eigenvalue weighted by Crippen LogP contribution is -2.15. The highest BCUT2D eigenvalue weighted by molar-refractivity contribution is 7.25. The van der Waals surface area contributed by atoms with Gasteiger partial charge in [0.15, 0.2) is 0 Å². The van der Waals surface area contributed by atoms with Crippen molar-refractivity contribution in [1.82, 2.24) is 0 Å². The van der Waals surface area contributed by atoms with Gasteiger partial charge in [-0.25, -0.2) is 0 Å². The Morgan fingerprint density at radius 1 is 0.490 bits per heavy atom. The first kappa shape index (κ1) is 29.7. The van der Waals surface area contributed by atoms with Crippen LogP contribution in [0.2, 0.25) is 0 Å². The van der Waals surface area contributed by atoms with Crippen LogP contribution >= 0.6 is 11.3 Å². The van der Waals surface area contributed by atoms with Crippen molar-refractivity contribution in [3.8, 4) is 11.1 Å². The number of rotatable bonds is 7. The fraction of sp³-hybridized carbons (Fsp3) is 0.106. The van der Waals surface area contributed by atoms with Crippen LogP contribution in [0.5, 0.6) is 0 Å². The van der Waals surface area contributed by atoms with E-state index in [1.807, 2.05) is 11.3 Å². The Morgan fingerprint density at radius 2 is 1.12 bits per heavy atom. The summed E-state index contributed by atoms with van der Waals surface area (Å²) in [5.41, 5.74) is 13.1. The van der Waals surface area contributed by atoms with E-state index in [9.17, 15) is 0 Å². The maximum Gasteiger partial charge on any atom is 0.0468 e. The zero-order chi connectivity index (χ0) is 33.0. The van der Waals surface area contributed by atoms with E-state index in [-0.39, 0.29) is 11.3 Å². The molecule has 0 fully saturated rings. The molecule has 9 rings (SSSR count). The van der Waals surface area contributed by atoms with Gasteiger partial charge in [-0.3, -0.25) is 0 Å². The van der Waals surface area contributed by atoms with Crippen molar-refractivity contribution in [2.75, 3.05) is 4.90 Å². The smallest absolute Gasteiger partial charge is 0.0468 e. The number of hydrogen-bond donors (Lipinski definition) is 0. The second-order valence-electron chi connectivity index (χ2n) is 13.8. The van der Waals surface area contributed by atoms with Gasteiger partial charge in [-0.15, -0.1) is 11.3 Å². The van der Waals surface area contributed by atoms with E-state index in [2.05, 4.69) is 189 Å². The van der Waals surface area contributed by atoms with Gasteiger partial charge in [-0.1, -0.05) is 135 Å². The third kappa shape index (κ3) is 5.15. The van der Waals surface area contributed by atoms with E-state index in [0.29, 0.717) is 0 Å². The average molecular weight is 648 g/mol. The molecule has 1 nitrogen and oxygen atoms in total. The van der Waals surface area contributed by atoms with Gasteiger partial charge in [0.05, 0.1) is 0 Å². The Labute approximate surface area is 292 Å². The Morgan fingerprint density at radius 3 is 1.94 bits per heavy atom. The molecular weight excluding hydrogens is 611 g/mol. The van der Waals surface area contributed by atoms with Crippen LogP contribution in [0.3, 0.4) is 0 Å². The lowest BCUT2D eigenvalue weighted by Gasteiger charge is -2.26. The third-order valence-electron chi connectivity index (χ3n) is 10.5. The van der Waals surface area contributed by atoms with Gasteiger partial charge in [-0.2, -0.15) is 0 Å². The summed E-state index contributed by atoms with van der Waals surface area (Å²) < 4.78 is 2.65. The van der Waals surface area contributed by atoms with Crippen LogP contribution in [0.4, 0.5) is 17.1 Å². The summed E-state index contributed by atoms with van der Waals surface area (Å²) in [4.78, 5) is 2.38. The number of para-hydroxylation sites is 1. The molecule has 0 saturated heterocycles. The normalized spacial score (nSPS) is 13.7. The van der Waals surface area contributed by atoms with Crippen LogP contribution in [0.1, 0.15) is 47.6 Å². The highest BCUT2D eigenvalue weighted by Crippen LogP contribution is 2.49. The topological polar surface area (TPSA) is 3.24 Å². The number of anilines is 3. The molecule has 0 N–H and O–H groups in total. The molecule has 1 atom stereocenters. The molecule has 0 aliphatic heterocycles. The molecule has 1 aliphatic carbocycles. The fourth-order valence-corrected chi connectivity index (χ4v) is 9.05. The molecule has 0 spiro atoms. The maximum absolute atomic E-state index is 2.47. The minimum absolute atomic E-state index is 0.00815. The molecule has 0 amide bonds. The summed E-state index contributed by atoms with van der Waals surface area (Å²) in [6.45, 7) is 4.71. The van der Waals surface area contributed by atoms with Crippen LogP contribution in [0, 0.1) is 0 Å². The third-order valence-corrected chi connectivity index (χ3v) is 11.6. The second kappa shape index (κ2) is 11.9. The summed E-state index contributed by atoms with van der Waals surface area (Å²) in [5, 5.41) is 2.62. The number of benzene rings is 7. The summed E-state index contributed by atoms with van der Waals surface area (Å²) in [7, 11) is 0. The molecule has 0 radical (unpaired) electrons. The van der Waals surface area contributed by atoms with Crippen molar-refractivity contribution in [2.45, 2.75) is 31.6 Å². The van der Waals surface area contributed by atoms with Gasteiger partial charge >= 0.3 is 0 Å². The van der Waals surface area contributed by atoms with E-state index in [0.717, 1.165) is 17.8 Å². The molecule has 2 heteroatoms. The molecular formula is C47H37NS. The van der Waals surface area contributed by atoms with Gasteiger partial charge in [0.25, 0.3) is 0 Å². The summed E-state index contributed by atoms with van der Waals surface area (Å²) >= 11 is 1.86. The number of fused-ring (bicyclic) bond motifs is 6. The molecule has 0 saturated carbocycles. The number of thiophene rings is 1. The van der Waals surface area contributed by atoms with Crippen molar-refractivity contribution >= 4 is 48.6 Å². The monoisotopic (exact) mass is 647 g/mol.